The maximum atomic E-state index is 9.73. The van der Waals surface area contributed by atoms with E-state index in [0.29, 0.717) is 6.54 Å². The lowest BCUT2D eigenvalue weighted by Crippen LogP contribution is -1.97. The largest absolute Gasteiger partial charge is 0.235 e. The van der Waals surface area contributed by atoms with Crippen LogP contribution in [0.1, 0.15) is 19.8 Å². The van der Waals surface area contributed by atoms with Crippen molar-refractivity contribution in [2.75, 3.05) is 6.54 Å². The Kier molecular flexibility index (Phi) is 6.10. The summed E-state index contributed by atoms with van der Waals surface area (Å²) in [5.41, 5.74) is 0. The highest BCUT2D eigenvalue weighted by Crippen LogP contribution is 1.99. The number of hydrogen-bond donors (Lipinski definition) is 0. The van der Waals surface area contributed by atoms with Crippen molar-refractivity contribution >= 4 is 12.2 Å². The first kappa shape index (κ1) is 9.76. The summed E-state index contributed by atoms with van der Waals surface area (Å²) in [7, 11) is 0. The minimum absolute atomic E-state index is 0.0191. The van der Waals surface area contributed by atoms with Gasteiger partial charge in [-0.15, -0.1) is 0 Å². The molecule has 0 saturated carbocycles. The van der Waals surface area contributed by atoms with Gasteiger partial charge >= 0.3 is 0 Å². The van der Waals surface area contributed by atoms with Crippen molar-refractivity contribution in [1.82, 2.24) is 0 Å². The Morgan fingerprint density at radius 2 is 2.09 bits per heavy atom. The predicted octanol–water partition coefficient (Wildman–Crippen LogP) is 0.827. The number of aliphatic imine (C=N–C) groups is 2. The van der Waals surface area contributed by atoms with Crippen LogP contribution in [0.15, 0.2) is 9.98 Å². The molecule has 0 aliphatic heterocycles. The van der Waals surface area contributed by atoms with Crippen LogP contribution in [0.25, 0.3) is 0 Å². The Bertz CT molecular complexity index is 191. The van der Waals surface area contributed by atoms with Crippen LogP contribution in [0.2, 0.25) is 0 Å². The number of nitrogens with zero attached hydrogens (tertiary/aromatic N) is 2. The quantitative estimate of drug-likeness (QED) is 0.334. The lowest BCUT2D eigenvalue weighted by molar-refractivity contribution is 0.550. The molecule has 0 aliphatic carbocycles. The van der Waals surface area contributed by atoms with Crippen LogP contribution in [-0.4, -0.2) is 24.7 Å². The third kappa shape index (κ3) is 6.65. The normalized spacial score (nSPS) is 11.0. The van der Waals surface area contributed by atoms with Crippen molar-refractivity contribution in [3.8, 4) is 0 Å². The second-order valence-electron chi connectivity index (χ2n) is 2.18. The molecule has 0 radical (unpaired) electrons. The highest BCUT2D eigenvalue weighted by molar-refractivity contribution is 5.33. The highest BCUT2D eigenvalue weighted by atomic mass is 16.1. The maximum Gasteiger partial charge on any atom is 0.235 e. The third-order valence-corrected chi connectivity index (χ3v) is 1.23. The monoisotopic (exact) mass is 154 g/mol. The van der Waals surface area contributed by atoms with E-state index in [1.54, 1.807) is 0 Å². The Labute approximate surface area is 65.0 Å². The summed E-state index contributed by atoms with van der Waals surface area (Å²) in [5, 5.41) is 0. The molecular formula is C7H10N2O2. The van der Waals surface area contributed by atoms with Crippen LogP contribution in [0.5, 0.6) is 0 Å². The van der Waals surface area contributed by atoms with Crippen LogP contribution in [0.4, 0.5) is 0 Å². The number of carbonyl (C=O) groups excluding carboxylic acids is 2. The van der Waals surface area contributed by atoms with Crippen molar-refractivity contribution in [3.05, 3.63) is 0 Å². The molecule has 0 amide bonds. The first-order valence-electron chi connectivity index (χ1n) is 3.42. The molecule has 60 valence electrons. The van der Waals surface area contributed by atoms with E-state index in [2.05, 4.69) is 9.98 Å². The van der Waals surface area contributed by atoms with Crippen molar-refractivity contribution in [1.29, 1.82) is 0 Å². The highest BCUT2D eigenvalue weighted by Gasteiger charge is 1.96. The average Bonchev–Trinajstić information content (AvgIpc) is 1.99. The zero-order chi connectivity index (χ0) is 8.53. The molecule has 0 bridgehead atoms. The molecule has 1 atom stereocenters. The molecule has 0 spiro atoms. The first-order chi connectivity index (χ1) is 5.31. The lowest BCUT2D eigenvalue weighted by atomic mass is 10.2. The Balaban J connectivity index is 3.37. The van der Waals surface area contributed by atoms with Crippen LogP contribution in [-0.2, 0) is 9.59 Å². The number of rotatable bonds is 5. The standard InChI is InChI=1S/C7H10N2O2/c1-7(9-6-11)3-2-4-8-5-10/h7H,2-4H2,1H3. The van der Waals surface area contributed by atoms with Gasteiger partial charge in [0, 0.05) is 0 Å². The van der Waals surface area contributed by atoms with Crippen LogP contribution < -0.4 is 0 Å². The van der Waals surface area contributed by atoms with E-state index in [4.69, 9.17) is 0 Å². The summed E-state index contributed by atoms with van der Waals surface area (Å²) in [6.45, 7) is 2.28. The van der Waals surface area contributed by atoms with E-state index in [0.717, 1.165) is 12.8 Å². The third-order valence-electron chi connectivity index (χ3n) is 1.23. The van der Waals surface area contributed by atoms with Crippen molar-refractivity contribution in [3.63, 3.8) is 0 Å². The van der Waals surface area contributed by atoms with Gasteiger partial charge in [-0.05, 0) is 19.8 Å². The summed E-state index contributed by atoms with van der Waals surface area (Å²) in [6.07, 6.45) is 4.42. The van der Waals surface area contributed by atoms with E-state index in [1.807, 2.05) is 6.92 Å². The summed E-state index contributed by atoms with van der Waals surface area (Å²) in [4.78, 5) is 26.2. The molecule has 0 N–H and O–H groups in total. The van der Waals surface area contributed by atoms with Gasteiger partial charge in [-0.25, -0.2) is 19.6 Å². The van der Waals surface area contributed by atoms with E-state index in [1.165, 1.54) is 12.2 Å². The fraction of sp³-hybridized carbons (Fsp3) is 0.714. The average molecular weight is 154 g/mol. The number of isocyanates is 2. The van der Waals surface area contributed by atoms with Crippen LogP contribution in [0, 0.1) is 0 Å². The zero-order valence-electron chi connectivity index (χ0n) is 6.41. The van der Waals surface area contributed by atoms with Gasteiger partial charge in [-0.2, -0.15) is 0 Å². The fourth-order valence-electron chi connectivity index (χ4n) is 0.666. The van der Waals surface area contributed by atoms with E-state index in [9.17, 15) is 9.59 Å². The van der Waals surface area contributed by atoms with Crippen LogP contribution >= 0.6 is 0 Å². The lowest BCUT2D eigenvalue weighted by Gasteiger charge is -1.98. The first-order valence-corrected chi connectivity index (χ1v) is 3.42. The van der Waals surface area contributed by atoms with Gasteiger partial charge in [0.05, 0.1) is 12.6 Å². The van der Waals surface area contributed by atoms with E-state index in [-0.39, 0.29) is 6.04 Å². The van der Waals surface area contributed by atoms with Gasteiger partial charge < -0.3 is 0 Å². The molecule has 0 aliphatic rings. The number of hydrogen-bond acceptors (Lipinski definition) is 4. The molecular weight excluding hydrogens is 144 g/mol. The van der Waals surface area contributed by atoms with Gasteiger partial charge in [0.1, 0.15) is 0 Å². The SMILES string of the molecule is CC(CCCN=C=O)N=C=O. The molecule has 4 heteroatoms. The molecule has 11 heavy (non-hydrogen) atoms. The second kappa shape index (κ2) is 6.87. The van der Waals surface area contributed by atoms with E-state index >= 15 is 0 Å². The van der Waals surface area contributed by atoms with Gasteiger partial charge in [0.15, 0.2) is 0 Å². The van der Waals surface area contributed by atoms with Gasteiger partial charge in [-0.3, -0.25) is 0 Å². The molecule has 0 fully saturated rings. The molecule has 0 saturated heterocycles. The summed E-state index contributed by atoms with van der Waals surface area (Å²) >= 11 is 0. The summed E-state index contributed by atoms with van der Waals surface area (Å²) < 4.78 is 0. The minimum Gasteiger partial charge on any atom is -0.211 e. The van der Waals surface area contributed by atoms with Gasteiger partial charge in [0.2, 0.25) is 12.2 Å². The molecule has 0 aromatic carbocycles. The molecule has 0 heterocycles. The zero-order valence-corrected chi connectivity index (χ0v) is 6.41. The van der Waals surface area contributed by atoms with Gasteiger partial charge in [0.25, 0.3) is 0 Å². The predicted molar refractivity (Wildman–Crippen MR) is 39.8 cm³/mol. The topological polar surface area (TPSA) is 58.9 Å². The Morgan fingerprint density at radius 3 is 2.64 bits per heavy atom. The van der Waals surface area contributed by atoms with Crippen molar-refractivity contribution in [2.45, 2.75) is 25.8 Å². The summed E-state index contributed by atoms with van der Waals surface area (Å²) in [5.74, 6) is 0. The molecule has 0 aromatic heterocycles. The van der Waals surface area contributed by atoms with Gasteiger partial charge in [-0.1, -0.05) is 0 Å². The Morgan fingerprint density at radius 1 is 1.36 bits per heavy atom. The second-order valence-corrected chi connectivity index (χ2v) is 2.18. The minimum atomic E-state index is -0.0191. The molecule has 1 unspecified atom stereocenters. The van der Waals surface area contributed by atoms with Crippen molar-refractivity contribution < 1.29 is 9.59 Å². The Hall–Kier alpha value is -1.24. The molecule has 4 nitrogen and oxygen atoms in total. The smallest absolute Gasteiger partial charge is 0.211 e. The molecule has 0 aromatic rings. The van der Waals surface area contributed by atoms with E-state index < -0.39 is 0 Å². The molecule has 0 rings (SSSR count). The maximum absolute atomic E-state index is 9.73. The van der Waals surface area contributed by atoms with Crippen molar-refractivity contribution in [2.24, 2.45) is 9.98 Å². The fourth-order valence-corrected chi connectivity index (χ4v) is 0.666. The summed E-state index contributed by atoms with van der Waals surface area (Å²) in [6, 6.07) is -0.0191. The van der Waals surface area contributed by atoms with Crippen LogP contribution in [0.3, 0.4) is 0 Å².